The van der Waals surface area contributed by atoms with Gasteiger partial charge in [0, 0.05) is 17.8 Å². The Morgan fingerprint density at radius 1 is 1.35 bits per heavy atom. The average molecular weight is 231 g/mol. The predicted molar refractivity (Wildman–Crippen MR) is 63.8 cm³/mol. The van der Waals surface area contributed by atoms with Crippen molar-refractivity contribution in [3.05, 3.63) is 29.6 Å². The SMILES string of the molecule is O=C(O)C1CCC1C1CCCc2cccnc21. The van der Waals surface area contributed by atoms with Gasteiger partial charge in [0.25, 0.3) is 0 Å². The van der Waals surface area contributed by atoms with Crippen molar-refractivity contribution in [2.45, 2.75) is 38.0 Å². The van der Waals surface area contributed by atoms with Gasteiger partial charge in [-0.25, -0.2) is 0 Å². The molecule has 0 radical (unpaired) electrons. The Morgan fingerprint density at radius 2 is 2.24 bits per heavy atom. The number of carboxylic acids is 1. The summed E-state index contributed by atoms with van der Waals surface area (Å²) in [6.45, 7) is 0. The van der Waals surface area contributed by atoms with E-state index < -0.39 is 5.97 Å². The molecular weight excluding hydrogens is 214 g/mol. The van der Waals surface area contributed by atoms with Gasteiger partial charge in [-0.1, -0.05) is 6.07 Å². The van der Waals surface area contributed by atoms with Crippen molar-refractivity contribution < 1.29 is 9.90 Å². The first kappa shape index (κ1) is 10.8. The number of fused-ring (bicyclic) bond motifs is 1. The van der Waals surface area contributed by atoms with Crippen LogP contribution in [-0.4, -0.2) is 16.1 Å². The van der Waals surface area contributed by atoms with Crippen LogP contribution in [0.15, 0.2) is 18.3 Å². The number of carbonyl (C=O) groups is 1. The first-order valence-electron chi connectivity index (χ1n) is 6.44. The first-order valence-corrected chi connectivity index (χ1v) is 6.44. The van der Waals surface area contributed by atoms with Crippen LogP contribution in [0.3, 0.4) is 0 Å². The van der Waals surface area contributed by atoms with E-state index in [2.05, 4.69) is 11.1 Å². The molecule has 3 rings (SSSR count). The van der Waals surface area contributed by atoms with Crippen molar-refractivity contribution >= 4 is 5.97 Å². The van der Waals surface area contributed by atoms with E-state index in [1.54, 1.807) is 0 Å². The molecule has 1 aromatic rings. The molecule has 2 aliphatic carbocycles. The van der Waals surface area contributed by atoms with Crippen molar-refractivity contribution in [3.8, 4) is 0 Å². The third-order valence-electron chi connectivity index (χ3n) is 4.40. The minimum atomic E-state index is -0.621. The molecule has 3 atom stereocenters. The van der Waals surface area contributed by atoms with E-state index >= 15 is 0 Å². The van der Waals surface area contributed by atoms with Crippen LogP contribution in [0, 0.1) is 11.8 Å². The first-order chi connectivity index (χ1) is 8.27. The lowest BCUT2D eigenvalue weighted by Gasteiger charge is -2.41. The van der Waals surface area contributed by atoms with Gasteiger partial charge in [-0.3, -0.25) is 9.78 Å². The van der Waals surface area contributed by atoms with E-state index in [1.807, 2.05) is 12.3 Å². The van der Waals surface area contributed by atoms with Crippen LogP contribution in [0.1, 0.15) is 42.9 Å². The summed E-state index contributed by atoms with van der Waals surface area (Å²) in [5.41, 5.74) is 2.51. The average Bonchev–Trinajstić information content (AvgIpc) is 2.27. The highest BCUT2D eigenvalue weighted by Crippen LogP contribution is 2.48. The van der Waals surface area contributed by atoms with Gasteiger partial charge in [-0.05, 0) is 49.7 Å². The summed E-state index contributed by atoms with van der Waals surface area (Å²) in [7, 11) is 0. The van der Waals surface area contributed by atoms with E-state index in [0.717, 1.165) is 25.7 Å². The summed E-state index contributed by atoms with van der Waals surface area (Å²) in [5.74, 6) is -0.0477. The molecule has 0 aromatic carbocycles. The molecule has 1 heterocycles. The number of rotatable bonds is 2. The van der Waals surface area contributed by atoms with Crippen LogP contribution < -0.4 is 0 Å². The van der Waals surface area contributed by atoms with Gasteiger partial charge in [0.1, 0.15) is 0 Å². The molecule has 1 saturated carbocycles. The molecule has 0 bridgehead atoms. The number of nitrogens with zero attached hydrogens (tertiary/aromatic N) is 1. The smallest absolute Gasteiger partial charge is 0.306 e. The maximum atomic E-state index is 11.1. The lowest BCUT2D eigenvalue weighted by Crippen LogP contribution is -2.38. The lowest BCUT2D eigenvalue weighted by molar-refractivity contribution is -0.148. The fourth-order valence-corrected chi connectivity index (χ4v) is 3.38. The highest BCUT2D eigenvalue weighted by atomic mass is 16.4. The Balaban J connectivity index is 1.88. The van der Waals surface area contributed by atoms with E-state index in [1.165, 1.54) is 17.7 Å². The molecule has 1 aromatic heterocycles. The normalized spacial score (nSPS) is 31.4. The summed E-state index contributed by atoms with van der Waals surface area (Å²) in [4.78, 5) is 15.6. The summed E-state index contributed by atoms with van der Waals surface area (Å²) in [6, 6.07) is 4.12. The number of pyridine rings is 1. The van der Waals surface area contributed by atoms with E-state index in [4.69, 9.17) is 5.11 Å². The minimum absolute atomic E-state index is 0.132. The fourth-order valence-electron chi connectivity index (χ4n) is 3.38. The van der Waals surface area contributed by atoms with E-state index in [9.17, 15) is 4.79 Å². The largest absolute Gasteiger partial charge is 0.481 e. The molecule has 1 fully saturated rings. The standard InChI is InChI=1S/C14H17NO2/c16-14(17)12-7-6-10(12)11-5-1-3-9-4-2-8-15-13(9)11/h2,4,8,10-12H,1,3,5-7H2,(H,16,17). The summed E-state index contributed by atoms with van der Waals surface area (Å²) in [6.07, 6.45) is 7.12. The summed E-state index contributed by atoms with van der Waals surface area (Å²) < 4.78 is 0. The van der Waals surface area contributed by atoms with Crippen LogP contribution in [0.25, 0.3) is 0 Å². The van der Waals surface area contributed by atoms with Gasteiger partial charge in [-0.2, -0.15) is 0 Å². The fraction of sp³-hybridized carbons (Fsp3) is 0.571. The lowest BCUT2D eigenvalue weighted by atomic mass is 9.63. The Labute approximate surface area is 101 Å². The van der Waals surface area contributed by atoms with Crippen LogP contribution in [0.4, 0.5) is 0 Å². The van der Waals surface area contributed by atoms with Crippen LogP contribution in [0.5, 0.6) is 0 Å². The van der Waals surface area contributed by atoms with E-state index in [-0.39, 0.29) is 5.92 Å². The van der Waals surface area contributed by atoms with Crippen molar-refractivity contribution in [2.24, 2.45) is 11.8 Å². The molecule has 3 unspecified atom stereocenters. The van der Waals surface area contributed by atoms with Crippen molar-refractivity contribution in [1.29, 1.82) is 0 Å². The molecule has 0 saturated heterocycles. The molecule has 3 heteroatoms. The quantitative estimate of drug-likeness (QED) is 0.851. The van der Waals surface area contributed by atoms with Gasteiger partial charge in [0.05, 0.1) is 5.92 Å². The van der Waals surface area contributed by atoms with Gasteiger partial charge in [0.15, 0.2) is 0 Å². The van der Waals surface area contributed by atoms with Gasteiger partial charge >= 0.3 is 5.97 Å². The predicted octanol–water partition coefficient (Wildman–Crippen LogP) is 2.61. The monoisotopic (exact) mass is 231 g/mol. The molecule has 17 heavy (non-hydrogen) atoms. The summed E-state index contributed by atoms with van der Waals surface area (Å²) in [5, 5.41) is 9.16. The van der Waals surface area contributed by atoms with Gasteiger partial charge in [0.2, 0.25) is 0 Å². The zero-order valence-corrected chi connectivity index (χ0v) is 9.80. The van der Waals surface area contributed by atoms with E-state index in [0.29, 0.717) is 11.8 Å². The molecule has 0 aliphatic heterocycles. The maximum Gasteiger partial charge on any atom is 0.306 e. The summed E-state index contributed by atoms with van der Waals surface area (Å²) >= 11 is 0. The minimum Gasteiger partial charge on any atom is -0.481 e. The zero-order valence-electron chi connectivity index (χ0n) is 9.80. The maximum absolute atomic E-state index is 11.1. The zero-order chi connectivity index (χ0) is 11.8. The number of aliphatic carboxylic acids is 1. The number of carboxylic acid groups (broad SMARTS) is 1. The molecule has 90 valence electrons. The number of aryl methyl sites for hydroxylation is 1. The van der Waals surface area contributed by atoms with Crippen LogP contribution >= 0.6 is 0 Å². The van der Waals surface area contributed by atoms with Crippen LogP contribution in [-0.2, 0) is 11.2 Å². The molecule has 1 N–H and O–H groups in total. The number of hydrogen-bond donors (Lipinski definition) is 1. The van der Waals surface area contributed by atoms with Gasteiger partial charge in [-0.15, -0.1) is 0 Å². The van der Waals surface area contributed by atoms with Crippen LogP contribution in [0.2, 0.25) is 0 Å². The third kappa shape index (κ3) is 1.74. The Morgan fingerprint density at radius 3 is 2.94 bits per heavy atom. The van der Waals surface area contributed by atoms with Crippen molar-refractivity contribution in [1.82, 2.24) is 4.98 Å². The molecule has 0 spiro atoms. The Hall–Kier alpha value is -1.38. The number of hydrogen-bond acceptors (Lipinski definition) is 2. The third-order valence-corrected chi connectivity index (χ3v) is 4.40. The van der Waals surface area contributed by atoms with Crippen molar-refractivity contribution in [2.75, 3.05) is 0 Å². The Bertz CT molecular complexity index is 444. The highest BCUT2D eigenvalue weighted by Gasteiger charge is 2.43. The highest BCUT2D eigenvalue weighted by molar-refractivity contribution is 5.71. The topological polar surface area (TPSA) is 50.2 Å². The second kappa shape index (κ2) is 4.13. The second-order valence-corrected chi connectivity index (χ2v) is 5.23. The number of aromatic nitrogens is 1. The molecular formula is C14H17NO2. The molecule has 3 nitrogen and oxygen atoms in total. The molecule has 0 amide bonds. The Kier molecular flexibility index (Phi) is 2.61. The molecule has 2 aliphatic rings. The second-order valence-electron chi connectivity index (χ2n) is 5.23. The van der Waals surface area contributed by atoms with Gasteiger partial charge < -0.3 is 5.11 Å². The van der Waals surface area contributed by atoms with Crippen molar-refractivity contribution in [3.63, 3.8) is 0 Å².